The van der Waals surface area contributed by atoms with Gasteiger partial charge in [0, 0.05) is 11.5 Å². The molecule has 2 N–H and O–H groups in total. The lowest BCUT2D eigenvalue weighted by molar-refractivity contribution is 0.246. The van der Waals surface area contributed by atoms with Gasteiger partial charge in [-0.3, -0.25) is 0 Å². The highest BCUT2D eigenvalue weighted by molar-refractivity contribution is 7.11. The van der Waals surface area contributed by atoms with Crippen LogP contribution in [0.15, 0.2) is 0 Å². The number of thiazole rings is 1. The largest absolute Gasteiger partial charge is 0.396 e. The van der Waals surface area contributed by atoms with E-state index >= 15 is 0 Å². The molecule has 0 saturated carbocycles. The summed E-state index contributed by atoms with van der Waals surface area (Å²) >= 11 is 1.89. The van der Waals surface area contributed by atoms with E-state index in [2.05, 4.69) is 19.2 Å². The Morgan fingerprint density at radius 1 is 1.37 bits per heavy atom. The number of nitrogens with zero attached hydrogens (tertiary/aromatic N) is 1. The molecule has 4 heteroatoms. The summed E-state index contributed by atoms with van der Waals surface area (Å²) in [6.07, 6.45) is 6.96. The SMILES string of the molecule is CCCC(CCO)CNC(C)c1nc2c(s1)CCC2. The molecule has 3 nitrogen and oxygen atoms in total. The van der Waals surface area contributed by atoms with E-state index in [-0.39, 0.29) is 0 Å². The van der Waals surface area contributed by atoms with Crippen molar-refractivity contribution in [3.8, 4) is 0 Å². The highest BCUT2D eigenvalue weighted by Crippen LogP contribution is 2.30. The van der Waals surface area contributed by atoms with Crippen molar-refractivity contribution >= 4 is 11.3 Å². The highest BCUT2D eigenvalue weighted by Gasteiger charge is 2.20. The van der Waals surface area contributed by atoms with Gasteiger partial charge in [-0.2, -0.15) is 0 Å². The molecule has 0 radical (unpaired) electrons. The molecule has 0 aliphatic heterocycles. The number of fused-ring (bicyclic) bond motifs is 1. The zero-order chi connectivity index (χ0) is 13.7. The van der Waals surface area contributed by atoms with Crippen LogP contribution in [0.3, 0.4) is 0 Å². The third kappa shape index (κ3) is 4.01. The van der Waals surface area contributed by atoms with Gasteiger partial charge < -0.3 is 10.4 Å². The van der Waals surface area contributed by atoms with Crippen LogP contribution in [0.1, 0.15) is 61.2 Å². The molecule has 0 amide bonds. The van der Waals surface area contributed by atoms with Crippen molar-refractivity contribution < 1.29 is 5.11 Å². The maximum absolute atomic E-state index is 9.09. The summed E-state index contributed by atoms with van der Waals surface area (Å²) in [5.41, 5.74) is 1.34. The van der Waals surface area contributed by atoms with E-state index in [4.69, 9.17) is 10.1 Å². The molecule has 1 aromatic rings. The zero-order valence-electron chi connectivity index (χ0n) is 12.1. The second-order valence-electron chi connectivity index (χ2n) is 5.57. The van der Waals surface area contributed by atoms with Gasteiger partial charge in [0.15, 0.2) is 0 Å². The maximum Gasteiger partial charge on any atom is 0.110 e. The van der Waals surface area contributed by atoms with Crippen molar-refractivity contribution in [3.63, 3.8) is 0 Å². The molecule has 0 fully saturated rings. The molecular formula is C15H26N2OS. The molecule has 2 unspecified atom stereocenters. The Kier molecular flexibility index (Phi) is 5.79. The third-order valence-electron chi connectivity index (χ3n) is 3.93. The predicted molar refractivity (Wildman–Crippen MR) is 80.7 cm³/mol. The van der Waals surface area contributed by atoms with Gasteiger partial charge in [0.2, 0.25) is 0 Å². The number of aliphatic hydroxyl groups is 1. The Morgan fingerprint density at radius 2 is 2.21 bits per heavy atom. The summed E-state index contributed by atoms with van der Waals surface area (Å²) in [6, 6.07) is 0.341. The standard InChI is InChI=1S/C15H26N2OS/c1-3-5-12(8-9-18)10-16-11(2)15-17-13-6-4-7-14(13)19-15/h11-12,16,18H,3-10H2,1-2H3. The van der Waals surface area contributed by atoms with Gasteiger partial charge in [0.25, 0.3) is 0 Å². The van der Waals surface area contributed by atoms with Gasteiger partial charge >= 0.3 is 0 Å². The Balaban J connectivity index is 1.83. The number of nitrogens with one attached hydrogen (secondary N) is 1. The lowest BCUT2D eigenvalue weighted by Crippen LogP contribution is -2.26. The number of aromatic nitrogens is 1. The predicted octanol–water partition coefficient (Wildman–Crippen LogP) is 3.08. The molecule has 0 bridgehead atoms. The molecular weight excluding hydrogens is 256 g/mol. The minimum Gasteiger partial charge on any atom is -0.396 e. The van der Waals surface area contributed by atoms with Crippen LogP contribution in [-0.2, 0) is 12.8 Å². The number of aryl methyl sites for hydroxylation is 2. The van der Waals surface area contributed by atoms with Crippen LogP contribution in [-0.4, -0.2) is 23.2 Å². The first kappa shape index (κ1) is 14.9. The van der Waals surface area contributed by atoms with Gasteiger partial charge in [-0.25, -0.2) is 4.98 Å². The Hall–Kier alpha value is -0.450. The van der Waals surface area contributed by atoms with Crippen LogP contribution in [0.25, 0.3) is 0 Å². The van der Waals surface area contributed by atoms with Gasteiger partial charge in [-0.1, -0.05) is 13.3 Å². The second-order valence-corrected chi connectivity index (χ2v) is 6.69. The summed E-state index contributed by atoms with van der Waals surface area (Å²) in [5.74, 6) is 0.587. The first-order valence-corrected chi connectivity index (χ1v) is 8.39. The minimum absolute atomic E-state index is 0.298. The normalized spacial score (nSPS) is 17.4. The summed E-state index contributed by atoms with van der Waals surface area (Å²) in [6.45, 7) is 5.70. The van der Waals surface area contributed by atoms with E-state index in [1.165, 1.54) is 47.7 Å². The smallest absolute Gasteiger partial charge is 0.110 e. The molecule has 0 spiro atoms. The minimum atomic E-state index is 0.298. The molecule has 1 aromatic heterocycles. The molecule has 19 heavy (non-hydrogen) atoms. The lowest BCUT2D eigenvalue weighted by atomic mass is 10.00. The van der Waals surface area contributed by atoms with Crippen molar-refractivity contribution in [2.75, 3.05) is 13.2 Å². The van der Waals surface area contributed by atoms with Crippen LogP contribution >= 0.6 is 11.3 Å². The van der Waals surface area contributed by atoms with E-state index in [9.17, 15) is 0 Å². The van der Waals surface area contributed by atoms with Gasteiger partial charge in [0.05, 0.1) is 11.7 Å². The van der Waals surface area contributed by atoms with E-state index in [1.54, 1.807) is 0 Å². The maximum atomic E-state index is 9.09. The fourth-order valence-electron chi connectivity index (χ4n) is 2.77. The Labute approximate surface area is 120 Å². The third-order valence-corrected chi connectivity index (χ3v) is 5.27. The molecule has 0 saturated heterocycles. The molecule has 2 atom stereocenters. The van der Waals surface area contributed by atoms with Gasteiger partial charge in [0.1, 0.15) is 5.01 Å². The number of hydrogen-bond donors (Lipinski definition) is 2. The second kappa shape index (κ2) is 7.36. The summed E-state index contributed by atoms with van der Waals surface area (Å²) in [5, 5.41) is 13.9. The van der Waals surface area contributed by atoms with Crippen LogP contribution < -0.4 is 5.32 Å². The first-order chi connectivity index (χ1) is 9.24. The number of aliphatic hydroxyl groups excluding tert-OH is 1. The highest BCUT2D eigenvalue weighted by atomic mass is 32.1. The molecule has 0 aromatic carbocycles. The number of rotatable bonds is 8. The average molecular weight is 282 g/mol. The summed E-state index contributed by atoms with van der Waals surface area (Å²) < 4.78 is 0. The van der Waals surface area contributed by atoms with Crippen molar-refractivity contribution in [1.29, 1.82) is 0 Å². The topological polar surface area (TPSA) is 45.1 Å². The van der Waals surface area contributed by atoms with Crippen molar-refractivity contribution in [2.24, 2.45) is 5.92 Å². The summed E-state index contributed by atoms with van der Waals surface area (Å²) in [4.78, 5) is 6.27. The van der Waals surface area contributed by atoms with Gasteiger partial charge in [-0.05, 0) is 51.5 Å². The zero-order valence-corrected chi connectivity index (χ0v) is 12.9. The Bertz CT molecular complexity index is 364. The van der Waals surface area contributed by atoms with Crippen LogP contribution in [0.2, 0.25) is 0 Å². The van der Waals surface area contributed by atoms with Crippen molar-refractivity contribution in [2.45, 2.75) is 58.4 Å². The van der Waals surface area contributed by atoms with E-state index in [0.29, 0.717) is 18.6 Å². The van der Waals surface area contributed by atoms with E-state index in [0.717, 1.165) is 13.0 Å². The van der Waals surface area contributed by atoms with Crippen LogP contribution in [0.4, 0.5) is 0 Å². The van der Waals surface area contributed by atoms with E-state index < -0.39 is 0 Å². The quantitative estimate of drug-likeness (QED) is 0.770. The molecule has 2 rings (SSSR count). The molecule has 1 aliphatic rings. The molecule has 108 valence electrons. The van der Waals surface area contributed by atoms with E-state index in [1.807, 2.05) is 11.3 Å². The fourth-order valence-corrected chi connectivity index (χ4v) is 3.95. The van der Waals surface area contributed by atoms with Crippen LogP contribution in [0.5, 0.6) is 0 Å². The monoisotopic (exact) mass is 282 g/mol. The van der Waals surface area contributed by atoms with Crippen molar-refractivity contribution in [3.05, 3.63) is 15.6 Å². The van der Waals surface area contributed by atoms with Crippen LogP contribution in [0, 0.1) is 5.92 Å². The summed E-state index contributed by atoms with van der Waals surface area (Å²) in [7, 11) is 0. The lowest BCUT2D eigenvalue weighted by Gasteiger charge is -2.18. The first-order valence-electron chi connectivity index (χ1n) is 7.57. The Morgan fingerprint density at radius 3 is 2.89 bits per heavy atom. The fraction of sp³-hybridized carbons (Fsp3) is 0.800. The van der Waals surface area contributed by atoms with Crippen molar-refractivity contribution in [1.82, 2.24) is 10.3 Å². The molecule has 1 heterocycles. The average Bonchev–Trinajstić information content (AvgIpc) is 2.96. The van der Waals surface area contributed by atoms with Gasteiger partial charge in [-0.15, -0.1) is 11.3 Å². The molecule has 1 aliphatic carbocycles. The number of hydrogen-bond acceptors (Lipinski definition) is 4.